The van der Waals surface area contributed by atoms with Gasteiger partial charge in [0.15, 0.2) is 0 Å². The number of nitrogens with one attached hydrogen (secondary N) is 2. The summed E-state index contributed by atoms with van der Waals surface area (Å²) in [5, 5.41) is 11.1. The largest absolute Gasteiger partial charge is 0.493 e. The van der Waals surface area contributed by atoms with Crippen molar-refractivity contribution in [1.29, 1.82) is 0 Å². The third kappa shape index (κ3) is 3.97. The van der Waals surface area contributed by atoms with Gasteiger partial charge in [0.05, 0.1) is 18.0 Å². The molecule has 1 heterocycles. The molecule has 0 fully saturated rings. The van der Waals surface area contributed by atoms with Gasteiger partial charge in [-0.2, -0.15) is 10.2 Å². The minimum atomic E-state index is -0.354. The van der Waals surface area contributed by atoms with E-state index in [-0.39, 0.29) is 5.91 Å². The van der Waals surface area contributed by atoms with Gasteiger partial charge < -0.3 is 4.74 Å². The third-order valence-corrected chi connectivity index (χ3v) is 3.80. The highest BCUT2D eigenvalue weighted by Crippen LogP contribution is 2.28. The second kappa shape index (κ2) is 8.11. The zero-order valence-electron chi connectivity index (χ0n) is 14.7. The van der Waals surface area contributed by atoms with Crippen molar-refractivity contribution in [2.75, 3.05) is 6.61 Å². The Morgan fingerprint density at radius 2 is 1.88 bits per heavy atom. The number of nitrogens with zero attached hydrogens (tertiary/aromatic N) is 2. The summed E-state index contributed by atoms with van der Waals surface area (Å²) in [6.07, 6.45) is 0. The summed E-state index contributed by atoms with van der Waals surface area (Å²) < 4.78 is 5.61. The number of aromatic nitrogens is 2. The minimum absolute atomic E-state index is 0.330. The van der Waals surface area contributed by atoms with Gasteiger partial charge in [-0.05, 0) is 37.6 Å². The Hall–Kier alpha value is -3.41. The van der Waals surface area contributed by atoms with Crippen molar-refractivity contribution >= 4 is 11.6 Å². The van der Waals surface area contributed by atoms with E-state index in [1.165, 1.54) is 0 Å². The van der Waals surface area contributed by atoms with Crippen LogP contribution in [0.4, 0.5) is 0 Å². The van der Waals surface area contributed by atoms with Gasteiger partial charge in [0.25, 0.3) is 5.91 Å². The van der Waals surface area contributed by atoms with Crippen molar-refractivity contribution in [3.05, 3.63) is 71.9 Å². The van der Waals surface area contributed by atoms with E-state index < -0.39 is 0 Å². The van der Waals surface area contributed by atoms with Crippen LogP contribution in [0.25, 0.3) is 11.3 Å². The maximum atomic E-state index is 12.3. The first-order chi connectivity index (χ1) is 12.7. The lowest BCUT2D eigenvalue weighted by Crippen LogP contribution is -2.19. The molecule has 3 aromatic rings. The van der Waals surface area contributed by atoms with E-state index in [4.69, 9.17) is 4.74 Å². The molecule has 1 aromatic heterocycles. The summed E-state index contributed by atoms with van der Waals surface area (Å²) in [5.74, 6) is 0.374. The molecule has 0 unspecified atom stereocenters. The molecule has 2 N–H and O–H groups in total. The van der Waals surface area contributed by atoms with Gasteiger partial charge >= 0.3 is 0 Å². The van der Waals surface area contributed by atoms with Gasteiger partial charge in [-0.3, -0.25) is 9.89 Å². The maximum Gasteiger partial charge on any atom is 0.289 e. The van der Waals surface area contributed by atoms with Gasteiger partial charge in [0.2, 0.25) is 0 Å². The number of amides is 1. The highest BCUT2D eigenvalue weighted by atomic mass is 16.5. The van der Waals surface area contributed by atoms with Crippen LogP contribution in [-0.4, -0.2) is 28.4 Å². The molecule has 1 amide bonds. The smallest absolute Gasteiger partial charge is 0.289 e. The van der Waals surface area contributed by atoms with Gasteiger partial charge in [-0.1, -0.05) is 42.5 Å². The molecule has 2 aromatic carbocycles. The Morgan fingerprint density at radius 3 is 2.65 bits per heavy atom. The lowest BCUT2D eigenvalue weighted by Gasteiger charge is -2.07. The molecule has 0 aliphatic carbocycles. The van der Waals surface area contributed by atoms with Gasteiger partial charge in [-0.25, -0.2) is 5.43 Å². The summed E-state index contributed by atoms with van der Waals surface area (Å²) in [6.45, 7) is 4.32. The lowest BCUT2D eigenvalue weighted by molar-refractivity contribution is 0.0950. The molecule has 0 aliphatic rings. The number of ether oxygens (including phenoxy) is 1. The fraction of sp³-hybridized carbons (Fsp3) is 0.150. The van der Waals surface area contributed by atoms with E-state index in [2.05, 4.69) is 20.7 Å². The highest BCUT2D eigenvalue weighted by Gasteiger charge is 2.13. The second-order valence-electron chi connectivity index (χ2n) is 5.60. The molecule has 0 saturated heterocycles. The fourth-order valence-corrected chi connectivity index (χ4v) is 2.47. The van der Waals surface area contributed by atoms with Crippen LogP contribution in [0.1, 0.15) is 29.9 Å². The molecule has 0 radical (unpaired) electrons. The molecular formula is C20H20N4O2. The molecule has 132 valence electrons. The second-order valence-corrected chi connectivity index (χ2v) is 5.60. The van der Waals surface area contributed by atoms with Crippen LogP contribution in [0.3, 0.4) is 0 Å². The van der Waals surface area contributed by atoms with E-state index in [0.29, 0.717) is 18.0 Å². The lowest BCUT2D eigenvalue weighted by atomic mass is 10.1. The standard InChI is InChI=1S/C20H20N4O2/c1-3-26-19-12-8-7-11-16(19)17-13-18(23-22-17)20(25)24-21-14(2)15-9-5-4-6-10-15/h4-13H,3H2,1-2H3,(H,22,23)(H,24,25). The summed E-state index contributed by atoms with van der Waals surface area (Å²) in [4.78, 5) is 12.3. The van der Waals surface area contributed by atoms with Gasteiger partial charge in [-0.15, -0.1) is 0 Å². The van der Waals surface area contributed by atoms with Crippen molar-refractivity contribution in [3.63, 3.8) is 0 Å². The number of hydrogen-bond donors (Lipinski definition) is 2. The SMILES string of the molecule is CCOc1ccccc1-c1cc(C(=O)NN=C(C)c2ccccc2)[nH]n1. The monoisotopic (exact) mass is 348 g/mol. The quantitative estimate of drug-likeness (QED) is 0.527. The van der Waals surface area contributed by atoms with E-state index in [1.807, 2.05) is 68.4 Å². The molecule has 0 bridgehead atoms. The van der Waals surface area contributed by atoms with Crippen molar-refractivity contribution in [1.82, 2.24) is 15.6 Å². The molecule has 0 aliphatic heterocycles. The molecule has 0 atom stereocenters. The van der Waals surface area contributed by atoms with E-state index in [1.54, 1.807) is 6.07 Å². The maximum absolute atomic E-state index is 12.3. The Balaban J connectivity index is 1.75. The van der Waals surface area contributed by atoms with Crippen LogP contribution in [0.15, 0.2) is 65.8 Å². The predicted octanol–water partition coefficient (Wildman–Crippen LogP) is 3.63. The molecule has 0 saturated carbocycles. The van der Waals surface area contributed by atoms with Crippen LogP contribution < -0.4 is 10.2 Å². The topological polar surface area (TPSA) is 79.4 Å². The molecular weight excluding hydrogens is 328 g/mol. The number of H-pyrrole nitrogens is 1. The third-order valence-electron chi connectivity index (χ3n) is 3.80. The Bertz CT molecular complexity index is 916. The number of rotatable bonds is 6. The molecule has 6 heteroatoms. The van der Waals surface area contributed by atoms with Crippen molar-refractivity contribution < 1.29 is 9.53 Å². The number of aromatic amines is 1. The van der Waals surface area contributed by atoms with Crippen molar-refractivity contribution in [3.8, 4) is 17.0 Å². The zero-order chi connectivity index (χ0) is 18.4. The average molecular weight is 348 g/mol. The number of carbonyl (C=O) groups excluding carboxylic acids is 1. The first-order valence-electron chi connectivity index (χ1n) is 8.36. The van der Waals surface area contributed by atoms with E-state index in [9.17, 15) is 4.79 Å². The predicted molar refractivity (Wildman–Crippen MR) is 101 cm³/mol. The van der Waals surface area contributed by atoms with Crippen LogP contribution in [0, 0.1) is 0 Å². The number of para-hydroxylation sites is 1. The normalized spacial score (nSPS) is 11.2. The van der Waals surface area contributed by atoms with Gasteiger partial charge in [0.1, 0.15) is 11.4 Å². The van der Waals surface area contributed by atoms with Crippen LogP contribution in [0.2, 0.25) is 0 Å². The summed E-state index contributed by atoms with van der Waals surface area (Å²) >= 11 is 0. The number of carbonyl (C=O) groups is 1. The van der Waals surface area contributed by atoms with Crippen LogP contribution in [0.5, 0.6) is 5.75 Å². The number of benzene rings is 2. The van der Waals surface area contributed by atoms with Crippen LogP contribution >= 0.6 is 0 Å². The van der Waals surface area contributed by atoms with Crippen LogP contribution in [-0.2, 0) is 0 Å². The molecule has 3 rings (SSSR count). The van der Waals surface area contributed by atoms with E-state index in [0.717, 1.165) is 22.6 Å². The Morgan fingerprint density at radius 1 is 1.15 bits per heavy atom. The molecule has 26 heavy (non-hydrogen) atoms. The average Bonchev–Trinajstić information content (AvgIpc) is 3.17. The molecule has 6 nitrogen and oxygen atoms in total. The molecule has 0 spiro atoms. The fourth-order valence-electron chi connectivity index (χ4n) is 2.47. The zero-order valence-corrected chi connectivity index (χ0v) is 14.7. The first kappa shape index (κ1) is 17.4. The van der Waals surface area contributed by atoms with Crippen molar-refractivity contribution in [2.45, 2.75) is 13.8 Å². The summed E-state index contributed by atoms with van der Waals surface area (Å²) in [5.41, 5.74) is 6.02. The van der Waals surface area contributed by atoms with E-state index >= 15 is 0 Å². The van der Waals surface area contributed by atoms with Gasteiger partial charge in [0, 0.05) is 5.56 Å². The number of hydrazone groups is 1. The van der Waals surface area contributed by atoms with Crippen molar-refractivity contribution in [2.24, 2.45) is 5.10 Å². The Labute approximate surface area is 151 Å². The highest BCUT2D eigenvalue weighted by molar-refractivity contribution is 6.00. The Kier molecular flexibility index (Phi) is 5.43. The first-order valence-corrected chi connectivity index (χ1v) is 8.36. The summed E-state index contributed by atoms with van der Waals surface area (Å²) in [7, 11) is 0. The minimum Gasteiger partial charge on any atom is -0.493 e. The summed E-state index contributed by atoms with van der Waals surface area (Å²) in [6, 6.07) is 18.9. The number of hydrogen-bond acceptors (Lipinski definition) is 4.